The average molecular weight is 290 g/mol. The first-order valence-corrected chi connectivity index (χ1v) is 7.67. The van der Waals surface area contributed by atoms with Crippen molar-refractivity contribution < 1.29 is 4.74 Å². The van der Waals surface area contributed by atoms with E-state index in [0.717, 1.165) is 43.9 Å². The number of H-pyrrole nitrogens is 1. The second-order valence-corrected chi connectivity index (χ2v) is 5.23. The number of ether oxygens (including phenoxy) is 1. The van der Waals surface area contributed by atoms with Gasteiger partial charge in [0.1, 0.15) is 5.52 Å². The molecule has 1 unspecified atom stereocenters. The van der Waals surface area contributed by atoms with Gasteiger partial charge < -0.3 is 20.4 Å². The maximum Gasteiger partial charge on any atom is 0.226 e. The summed E-state index contributed by atoms with van der Waals surface area (Å²) >= 11 is 0. The molecular weight excluding hydrogens is 268 g/mol. The van der Waals surface area contributed by atoms with Crippen molar-refractivity contribution in [2.24, 2.45) is 0 Å². The number of aromatic amines is 1. The molecule has 2 aromatic heterocycles. The van der Waals surface area contributed by atoms with Crippen molar-refractivity contribution in [1.29, 1.82) is 0 Å². The van der Waals surface area contributed by atoms with Crippen LogP contribution in [0.1, 0.15) is 32.6 Å². The molecule has 0 bridgehead atoms. The van der Waals surface area contributed by atoms with Crippen molar-refractivity contribution in [1.82, 2.24) is 19.9 Å². The van der Waals surface area contributed by atoms with E-state index in [9.17, 15) is 0 Å². The Hall–Kier alpha value is -1.89. The van der Waals surface area contributed by atoms with Crippen molar-refractivity contribution in [2.75, 3.05) is 30.3 Å². The molecule has 3 N–H and O–H groups in total. The van der Waals surface area contributed by atoms with Crippen LogP contribution in [0, 0.1) is 0 Å². The summed E-state index contributed by atoms with van der Waals surface area (Å²) in [6, 6.07) is 0. The first-order chi connectivity index (χ1) is 10.4. The Balaban J connectivity index is 1.65. The zero-order valence-corrected chi connectivity index (χ0v) is 12.4. The van der Waals surface area contributed by atoms with Crippen molar-refractivity contribution in [3.8, 4) is 0 Å². The number of hydrogen-bond donors (Lipinski definition) is 3. The summed E-state index contributed by atoms with van der Waals surface area (Å²) in [5.41, 5.74) is 1.53. The number of aromatic nitrogens is 4. The number of nitrogens with zero attached hydrogens (tertiary/aromatic N) is 3. The fourth-order valence-corrected chi connectivity index (χ4v) is 2.58. The number of rotatable bonds is 6. The third-order valence-corrected chi connectivity index (χ3v) is 3.65. The summed E-state index contributed by atoms with van der Waals surface area (Å²) in [6.07, 6.45) is 6.64. The van der Waals surface area contributed by atoms with Crippen molar-refractivity contribution in [3.05, 3.63) is 6.33 Å². The number of imidazole rings is 1. The smallest absolute Gasteiger partial charge is 0.226 e. The molecule has 2 aromatic rings. The predicted octanol–water partition coefficient (Wildman–Crippen LogP) is 2.16. The molecule has 1 aliphatic rings. The van der Waals surface area contributed by atoms with Gasteiger partial charge in [-0.05, 0) is 32.6 Å². The van der Waals surface area contributed by atoms with E-state index in [-0.39, 0.29) is 0 Å². The van der Waals surface area contributed by atoms with Crippen LogP contribution >= 0.6 is 0 Å². The van der Waals surface area contributed by atoms with Crippen LogP contribution in [0.15, 0.2) is 6.33 Å². The lowest BCUT2D eigenvalue weighted by Crippen LogP contribution is -2.22. The molecular formula is C14H22N6O. The molecule has 0 aromatic carbocycles. The molecule has 1 fully saturated rings. The van der Waals surface area contributed by atoms with Gasteiger partial charge in [-0.2, -0.15) is 9.97 Å². The minimum atomic E-state index is 0.374. The van der Waals surface area contributed by atoms with Gasteiger partial charge in [0.05, 0.1) is 12.4 Å². The highest BCUT2D eigenvalue weighted by atomic mass is 16.5. The molecule has 7 heteroatoms. The number of nitrogens with one attached hydrogen (secondary N) is 3. The van der Waals surface area contributed by atoms with Gasteiger partial charge in [0, 0.05) is 19.7 Å². The van der Waals surface area contributed by atoms with Gasteiger partial charge in [-0.3, -0.25) is 0 Å². The van der Waals surface area contributed by atoms with Crippen molar-refractivity contribution in [2.45, 2.75) is 38.7 Å². The molecule has 0 amide bonds. The molecule has 3 rings (SSSR count). The van der Waals surface area contributed by atoms with Crippen molar-refractivity contribution in [3.63, 3.8) is 0 Å². The van der Waals surface area contributed by atoms with Crippen LogP contribution in [0.2, 0.25) is 0 Å². The number of hydrogen-bond acceptors (Lipinski definition) is 6. The Morgan fingerprint density at radius 2 is 2.29 bits per heavy atom. The lowest BCUT2D eigenvalue weighted by Gasteiger charge is -2.22. The van der Waals surface area contributed by atoms with E-state index in [1.54, 1.807) is 6.33 Å². The zero-order valence-electron chi connectivity index (χ0n) is 12.4. The fourth-order valence-electron chi connectivity index (χ4n) is 2.58. The van der Waals surface area contributed by atoms with Gasteiger partial charge in [0.2, 0.25) is 5.95 Å². The second-order valence-electron chi connectivity index (χ2n) is 5.23. The maximum absolute atomic E-state index is 5.75. The molecule has 3 heterocycles. The minimum absolute atomic E-state index is 0.374. The normalized spacial score (nSPS) is 18.8. The van der Waals surface area contributed by atoms with Crippen LogP contribution in [-0.2, 0) is 4.74 Å². The van der Waals surface area contributed by atoms with E-state index in [1.165, 1.54) is 12.8 Å². The van der Waals surface area contributed by atoms with Crippen LogP contribution in [0.3, 0.4) is 0 Å². The van der Waals surface area contributed by atoms with Crippen LogP contribution in [0.25, 0.3) is 11.2 Å². The third kappa shape index (κ3) is 3.41. The lowest BCUT2D eigenvalue weighted by molar-refractivity contribution is 0.0134. The Morgan fingerprint density at radius 1 is 1.33 bits per heavy atom. The topological polar surface area (TPSA) is 87.8 Å². The molecule has 0 saturated carbocycles. The molecule has 21 heavy (non-hydrogen) atoms. The Kier molecular flexibility index (Phi) is 4.49. The molecule has 7 nitrogen and oxygen atoms in total. The summed E-state index contributed by atoms with van der Waals surface area (Å²) in [4.78, 5) is 16.2. The molecule has 1 atom stereocenters. The second kappa shape index (κ2) is 6.71. The van der Waals surface area contributed by atoms with Gasteiger partial charge in [-0.15, -0.1) is 0 Å². The molecule has 0 radical (unpaired) electrons. The molecule has 0 aliphatic carbocycles. The van der Waals surface area contributed by atoms with E-state index in [2.05, 4.69) is 30.6 Å². The minimum Gasteiger partial charge on any atom is -0.378 e. The maximum atomic E-state index is 5.75. The van der Waals surface area contributed by atoms with Crippen LogP contribution < -0.4 is 10.6 Å². The van der Waals surface area contributed by atoms with Crippen LogP contribution in [-0.4, -0.2) is 45.7 Å². The van der Waals surface area contributed by atoms with E-state index < -0.39 is 0 Å². The monoisotopic (exact) mass is 290 g/mol. The summed E-state index contributed by atoms with van der Waals surface area (Å²) in [5, 5.41) is 6.51. The van der Waals surface area contributed by atoms with Gasteiger partial charge in [-0.25, -0.2) is 4.98 Å². The first kappa shape index (κ1) is 14.1. The number of fused-ring (bicyclic) bond motifs is 1. The summed E-state index contributed by atoms with van der Waals surface area (Å²) in [6.45, 7) is 4.53. The Morgan fingerprint density at radius 3 is 3.10 bits per heavy atom. The quantitative estimate of drug-likeness (QED) is 0.755. The SMILES string of the molecule is CCNc1nc(NCCC2CCCCO2)c2[nH]cnc2n1. The number of anilines is 2. The highest BCUT2D eigenvalue weighted by Gasteiger charge is 2.14. The lowest BCUT2D eigenvalue weighted by atomic mass is 10.1. The molecule has 114 valence electrons. The van der Waals surface area contributed by atoms with E-state index in [1.807, 2.05) is 6.92 Å². The molecule has 0 spiro atoms. The Labute approximate surface area is 123 Å². The van der Waals surface area contributed by atoms with Gasteiger partial charge >= 0.3 is 0 Å². The summed E-state index contributed by atoms with van der Waals surface area (Å²) in [7, 11) is 0. The molecule has 1 aliphatic heterocycles. The highest BCUT2D eigenvalue weighted by molar-refractivity contribution is 5.83. The zero-order chi connectivity index (χ0) is 14.5. The fraction of sp³-hybridized carbons (Fsp3) is 0.643. The predicted molar refractivity (Wildman–Crippen MR) is 82.5 cm³/mol. The van der Waals surface area contributed by atoms with E-state index >= 15 is 0 Å². The third-order valence-electron chi connectivity index (χ3n) is 3.65. The van der Waals surface area contributed by atoms with Crippen LogP contribution in [0.4, 0.5) is 11.8 Å². The average Bonchev–Trinajstić information content (AvgIpc) is 2.97. The standard InChI is InChI=1S/C14H22N6O/c1-2-15-14-19-12(11-13(20-14)18-9-17-11)16-7-6-10-5-3-4-8-21-10/h9-10H,2-8H2,1H3,(H3,15,16,17,18,19,20). The van der Waals surface area contributed by atoms with Crippen LogP contribution in [0.5, 0.6) is 0 Å². The van der Waals surface area contributed by atoms with Crippen molar-refractivity contribution >= 4 is 22.9 Å². The van der Waals surface area contributed by atoms with Gasteiger partial charge in [0.25, 0.3) is 0 Å². The largest absolute Gasteiger partial charge is 0.378 e. The summed E-state index contributed by atoms with van der Waals surface area (Å²) < 4.78 is 5.75. The van der Waals surface area contributed by atoms with Gasteiger partial charge in [-0.1, -0.05) is 0 Å². The summed E-state index contributed by atoms with van der Waals surface area (Å²) in [5.74, 6) is 1.40. The van der Waals surface area contributed by atoms with Gasteiger partial charge in [0.15, 0.2) is 11.5 Å². The first-order valence-electron chi connectivity index (χ1n) is 7.67. The highest BCUT2D eigenvalue weighted by Crippen LogP contribution is 2.20. The van der Waals surface area contributed by atoms with E-state index in [4.69, 9.17) is 4.74 Å². The Bertz CT molecular complexity index is 578. The van der Waals surface area contributed by atoms with E-state index in [0.29, 0.717) is 17.7 Å². The molecule has 1 saturated heterocycles.